The highest BCUT2D eigenvalue weighted by Crippen LogP contribution is 2.13. The second-order valence-corrected chi connectivity index (χ2v) is 5.76. The van der Waals surface area contributed by atoms with Gasteiger partial charge in [-0.15, -0.1) is 0 Å². The van der Waals surface area contributed by atoms with E-state index in [0.29, 0.717) is 5.75 Å². The molecule has 1 fully saturated rings. The SMILES string of the molecule is CSCC(=O)N[C@@H]1CCCN(Cc2ccccn2)C1. The molecule has 1 atom stereocenters. The van der Waals surface area contributed by atoms with Gasteiger partial charge in [0.1, 0.15) is 0 Å². The van der Waals surface area contributed by atoms with E-state index in [1.807, 2.05) is 24.6 Å². The molecule has 1 aliphatic rings. The molecule has 1 aromatic rings. The number of pyridine rings is 1. The maximum absolute atomic E-state index is 11.6. The minimum absolute atomic E-state index is 0.150. The van der Waals surface area contributed by atoms with Crippen LogP contribution in [-0.2, 0) is 11.3 Å². The fourth-order valence-corrected chi connectivity index (χ4v) is 2.78. The van der Waals surface area contributed by atoms with Crippen LogP contribution in [0.15, 0.2) is 24.4 Å². The minimum atomic E-state index is 0.150. The van der Waals surface area contributed by atoms with E-state index in [2.05, 4.69) is 21.3 Å². The van der Waals surface area contributed by atoms with Crippen molar-refractivity contribution in [3.05, 3.63) is 30.1 Å². The molecule has 2 heterocycles. The van der Waals surface area contributed by atoms with Gasteiger partial charge in [-0.05, 0) is 37.8 Å². The molecule has 1 amide bonds. The second kappa shape index (κ2) is 7.50. The van der Waals surface area contributed by atoms with Crippen molar-refractivity contribution in [2.75, 3.05) is 25.1 Å². The molecule has 0 aliphatic carbocycles. The van der Waals surface area contributed by atoms with E-state index in [0.717, 1.165) is 38.2 Å². The van der Waals surface area contributed by atoms with Gasteiger partial charge in [0.15, 0.2) is 0 Å². The van der Waals surface area contributed by atoms with Crippen molar-refractivity contribution in [1.29, 1.82) is 0 Å². The van der Waals surface area contributed by atoms with E-state index >= 15 is 0 Å². The predicted octanol–water partition coefficient (Wildman–Crippen LogP) is 1.53. The van der Waals surface area contributed by atoms with E-state index in [1.165, 1.54) is 0 Å². The van der Waals surface area contributed by atoms with E-state index in [-0.39, 0.29) is 11.9 Å². The summed E-state index contributed by atoms with van der Waals surface area (Å²) in [5, 5.41) is 3.11. The lowest BCUT2D eigenvalue weighted by Crippen LogP contribution is -2.47. The van der Waals surface area contributed by atoms with Crippen LogP contribution in [0.3, 0.4) is 0 Å². The van der Waals surface area contributed by atoms with Gasteiger partial charge in [-0.2, -0.15) is 11.8 Å². The maximum atomic E-state index is 11.6. The monoisotopic (exact) mass is 279 g/mol. The quantitative estimate of drug-likeness (QED) is 0.888. The first-order chi connectivity index (χ1) is 9.28. The number of piperidine rings is 1. The van der Waals surface area contributed by atoms with Crippen LogP contribution >= 0.6 is 11.8 Å². The van der Waals surface area contributed by atoms with Gasteiger partial charge in [0.05, 0.1) is 11.4 Å². The Labute approximate surface area is 119 Å². The van der Waals surface area contributed by atoms with Gasteiger partial charge in [0, 0.05) is 25.3 Å². The normalized spacial score (nSPS) is 20.2. The fourth-order valence-electron chi connectivity index (χ4n) is 2.44. The standard InChI is InChI=1S/C14H21N3OS/c1-19-11-14(18)16-13-6-4-8-17(10-13)9-12-5-2-3-7-15-12/h2-3,5,7,13H,4,6,8-11H2,1H3,(H,16,18)/t13-/m1/s1. The van der Waals surface area contributed by atoms with E-state index in [4.69, 9.17) is 0 Å². The second-order valence-electron chi connectivity index (χ2n) is 4.90. The van der Waals surface area contributed by atoms with Crippen LogP contribution < -0.4 is 5.32 Å². The average molecular weight is 279 g/mol. The highest BCUT2D eigenvalue weighted by Gasteiger charge is 2.21. The van der Waals surface area contributed by atoms with E-state index in [1.54, 1.807) is 11.8 Å². The third kappa shape index (κ3) is 4.84. The lowest BCUT2D eigenvalue weighted by atomic mass is 10.1. The molecule has 0 aromatic carbocycles. The molecule has 0 unspecified atom stereocenters. The number of likely N-dealkylation sites (tertiary alicyclic amines) is 1. The van der Waals surface area contributed by atoms with Crippen LogP contribution in [0.25, 0.3) is 0 Å². The van der Waals surface area contributed by atoms with Crippen molar-refractivity contribution < 1.29 is 4.79 Å². The molecule has 1 aromatic heterocycles. The van der Waals surface area contributed by atoms with Gasteiger partial charge >= 0.3 is 0 Å². The lowest BCUT2D eigenvalue weighted by Gasteiger charge is -2.32. The van der Waals surface area contributed by atoms with Crippen LogP contribution in [0.4, 0.5) is 0 Å². The first-order valence-electron chi connectivity index (χ1n) is 6.68. The number of nitrogens with one attached hydrogen (secondary N) is 1. The minimum Gasteiger partial charge on any atom is -0.351 e. The Balaban J connectivity index is 1.82. The van der Waals surface area contributed by atoms with Crippen LogP contribution in [0.5, 0.6) is 0 Å². The number of hydrogen-bond donors (Lipinski definition) is 1. The Hall–Kier alpha value is -1.07. The molecule has 4 nitrogen and oxygen atoms in total. The fraction of sp³-hybridized carbons (Fsp3) is 0.571. The molecule has 5 heteroatoms. The Kier molecular flexibility index (Phi) is 5.66. The number of hydrogen-bond acceptors (Lipinski definition) is 4. The third-order valence-corrected chi connectivity index (χ3v) is 3.81. The van der Waals surface area contributed by atoms with Crippen molar-refractivity contribution >= 4 is 17.7 Å². The number of rotatable bonds is 5. The molecular formula is C14H21N3OS. The van der Waals surface area contributed by atoms with Crippen molar-refractivity contribution in [3.8, 4) is 0 Å². The Morgan fingerprint density at radius 2 is 2.47 bits per heavy atom. The highest BCUT2D eigenvalue weighted by atomic mass is 32.2. The molecule has 0 spiro atoms. The smallest absolute Gasteiger partial charge is 0.230 e. The molecule has 0 bridgehead atoms. The molecule has 0 radical (unpaired) electrons. The average Bonchev–Trinajstić information content (AvgIpc) is 2.40. The predicted molar refractivity (Wildman–Crippen MR) is 79.1 cm³/mol. The number of carbonyl (C=O) groups excluding carboxylic acids is 1. The summed E-state index contributed by atoms with van der Waals surface area (Å²) in [6.07, 6.45) is 6.00. The summed E-state index contributed by atoms with van der Waals surface area (Å²) < 4.78 is 0. The molecule has 2 rings (SSSR count). The van der Waals surface area contributed by atoms with Crippen molar-refractivity contribution in [1.82, 2.24) is 15.2 Å². The zero-order valence-corrected chi connectivity index (χ0v) is 12.2. The lowest BCUT2D eigenvalue weighted by molar-refractivity contribution is -0.119. The van der Waals surface area contributed by atoms with Crippen LogP contribution in [0.1, 0.15) is 18.5 Å². The third-order valence-electron chi connectivity index (χ3n) is 3.26. The summed E-state index contributed by atoms with van der Waals surface area (Å²) >= 11 is 1.57. The van der Waals surface area contributed by atoms with Crippen LogP contribution in [0, 0.1) is 0 Å². The van der Waals surface area contributed by atoms with Gasteiger partial charge in [0.2, 0.25) is 5.91 Å². The zero-order valence-electron chi connectivity index (χ0n) is 11.3. The molecule has 104 valence electrons. The van der Waals surface area contributed by atoms with Gasteiger partial charge in [-0.3, -0.25) is 14.7 Å². The molecule has 1 N–H and O–H groups in total. The summed E-state index contributed by atoms with van der Waals surface area (Å²) in [7, 11) is 0. The number of aromatic nitrogens is 1. The summed E-state index contributed by atoms with van der Waals surface area (Å²) in [6.45, 7) is 2.89. The number of amides is 1. The number of carbonyl (C=O) groups is 1. The zero-order chi connectivity index (χ0) is 13.5. The molecule has 0 saturated carbocycles. The largest absolute Gasteiger partial charge is 0.351 e. The van der Waals surface area contributed by atoms with Crippen molar-refractivity contribution in [3.63, 3.8) is 0 Å². The van der Waals surface area contributed by atoms with Gasteiger partial charge in [-0.25, -0.2) is 0 Å². The van der Waals surface area contributed by atoms with E-state index < -0.39 is 0 Å². The van der Waals surface area contributed by atoms with Crippen molar-refractivity contribution in [2.45, 2.75) is 25.4 Å². The first-order valence-corrected chi connectivity index (χ1v) is 8.08. The van der Waals surface area contributed by atoms with Crippen molar-refractivity contribution in [2.24, 2.45) is 0 Å². The molecular weight excluding hydrogens is 258 g/mol. The summed E-state index contributed by atoms with van der Waals surface area (Å²) in [6, 6.07) is 6.29. The Morgan fingerprint density at radius 3 is 3.21 bits per heavy atom. The van der Waals surface area contributed by atoms with Crippen LogP contribution in [-0.4, -0.2) is 46.9 Å². The molecule has 1 aliphatic heterocycles. The van der Waals surface area contributed by atoms with E-state index in [9.17, 15) is 4.79 Å². The molecule has 19 heavy (non-hydrogen) atoms. The van der Waals surface area contributed by atoms with Gasteiger partial charge in [0.25, 0.3) is 0 Å². The number of thioether (sulfide) groups is 1. The first kappa shape index (κ1) is 14.3. The summed E-state index contributed by atoms with van der Waals surface area (Å²) in [5.41, 5.74) is 1.10. The Morgan fingerprint density at radius 1 is 1.58 bits per heavy atom. The Bertz CT molecular complexity index is 399. The molecule has 1 saturated heterocycles. The van der Waals surface area contributed by atoms with Crippen LogP contribution in [0.2, 0.25) is 0 Å². The summed E-state index contributed by atoms with van der Waals surface area (Å²) in [4.78, 5) is 18.3. The van der Waals surface area contributed by atoms with Gasteiger partial charge in [-0.1, -0.05) is 6.07 Å². The van der Waals surface area contributed by atoms with Gasteiger partial charge < -0.3 is 5.32 Å². The number of nitrogens with zero attached hydrogens (tertiary/aromatic N) is 2. The maximum Gasteiger partial charge on any atom is 0.230 e. The topological polar surface area (TPSA) is 45.2 Å². The highest BCUT2D eigenvalue weighted by molar-refractivity contribution is 7.99. The summed E-state index contributed by atoms with van der Waals surface area (Å²) in [5.74, 6) is 0.702.